The van der Waals surface area contributed by atoms with Crippen LogP contribution in [0.2, 0.25) is 0 Å². The van der Waals surface area contributed by atoms with Crippen LogP contribution in [0.15, 0.2) is 48.5 Å². The van der Waals surface area contributed by atoms with Gasteiger partial charge in [0.05, 0.1) is 17.7 Å². The summed E-state index contributed by atoms with van der Waals surface area (Å²) in [7, 11) is 0. The van der Waals surface area contributed by atoms with E-state index in [2.05, 4.69) is 6.92 Å². The Morgan fingerprint density at radius 3 is 2.00 bits per heavy atom. The van der Waals surface area contributed by atoms with Crippen molar-refractivity contribution in [2.24, 2.45) is 0 Å². The number of esters is 2. The second-order valence-corrected chi connectivity index (χ2v) is 6.32. The third-order valence-electron chi connectivity index (χ3n) is 4.11. The van der Waals surface area contributed by atoms with Crippen molar-refractivity contribution < 1.29 is 23.5 Å². The maximum atomic E-state index is 12.9. The maximum absolute atomic E-state index is 12.9. The molecule has 2 rings (SSSR count). The Kier molecular flexibility index (Phi) is 8.49. The zero-order valence-corrected chi connectivity index (χ0v) is 15.6. The lowest BCUT2D eigenvalue weighted by Gasteiger charge is -2.07. The summed E-state index contributed by atoms with van der Waals surface area (Å²) in [5.41, 5.74) is 0.654. The van der Waals surface area contributed by atoms with Gasteiger partial charge in [0, 0.05) is 0 Å². The number of hydrogen-bond acceptors (Lipinski definition) is 4. The van der Waals surface area contributed by atoms with Crippen LogP contribution in [0.3, 0.4) is 0 Å². The molecular formula is C22H25FO4. The lowest BCUT2D eigenvalue weighted by Crippen LogP contribution is -2.09. The molecule has 0 aliphatic heterocycles. The average Bonchev–Trinajstić information content (AvgIpc) is 2.68. The summed E-state index contributed by atoms with van der Waals surface area (Å²) in [6.07, 6.45) is 6.78. The first-order chi connectivity index (χ1) is 13.1. The Labute approximate surface area is 159 Å². The molecule has 0 fully saturated rings. The summed E-state index contributed by atoms with van der Waals surface area (Å²) < 4.78 is 23.3. The summed E-state index contributed by atoms with van der Waals surface area (Å²) >= 11 is 0. The van der Waals surface area contributed by atoms with Gasteiger partial charge in [-0.1, -0.05) is 39.0 Å². The molecule has 0 saturated heterocycles. The van der Waals surface area contributed by atoms with E-state index in [4.69, 9.17) is 9.47 Å². The third-order valence-corrected chi connectivity index (χ3v) is 4.11. The van der Waals surface area contributed by atoms with Crippen molar-refractivity contribution in [3.05, 3.63) is 65.5 Å². The van der Waals surface area contributed by atoms with Crippen LogP contribution in [0.1, 0.15) is 66.2 Å². The molecule has 0 unspecified atom stereocenters. The van der Waals surface area contributed by atoms with Crippen molar-refractivity contribution in [3.63, 3.8) is 0 Å². The number of rotatable bonds is 10. The molecule has 0 radical (unpaired) electrons. The van der Waals surface area contributed by atoms with Crippen LogP contribution in [-0.4, -0.2) is 18.5 Å². The molecule has 0 atom stereocenters. The van der Waals surface area contributed by atoms with Gasteiger partial charge >= 0.3 is 11.9 Å². The molecule has 0 aliphatic carbocycles. The predicted molar refractivity (Wildman–Crippen MR) is 101 cm³/mol. The topological polar surface area (TPSA) is 52.6 Å². The average molecular weight is 372 g/mol. The van der Waals surface area contributed by atoms with Crippen LogP contribution >= 0.6 is 0 Å². The number of benzene rings is 2. The Balaban J connectivity index is 1.76. The monoisotopic (exact) mass is 372 g/mol. The van der Waals surface area contributed by atoms with Crippen molar-refractivity contribution in [1.82, 2.24) is 0 Å². The minimum Gasteiger partial charge on any atom is -0.462 e. The molecule has 0 N–H and O–H groups in total. The first-order valence-corrected chi connectivity index (χ1v) is 9.35. The number of carbonyl (C=O) groups excluding carboxylic acids is 2. The van der Waals surface area contributed by atoms with Crippen molar-refractivity contribution >= 4 is 11.9 Å². The lowest BCUT2D eigenvalue weighted by molar-refractivity contribution is 0.0497. The maximum Gasteiger partial charge on any atom is 0.343 e. The molecule has 0 aromatic heterocycles. The molecule has 2 aromatic rings. The van der Waals surface area contributed by atoms with Gasteiger partial charge in [0.1, 0.15) is 11.6 Å². The van der Waals surface area contributed by atoms with E-state index in [1.165, 1.54) is 62.1 Å². The molecule has 144 valence electrons. The molecular weight excluding hydrogens is 347 g/mol. The van der Waals surface area contributed by atoms with Crippen LogP contribution in [0.4, 0.5) is 4.39 Å². The Morgan fingerprint density at radius 2 is 1.33 bits per heavy atom. The van der Waals surface area contributed by atoms with E-state index in [1.807, 2.05) is 0 Å². The molecule has 5 heteroatoms. The SMILES string of the molecule is CCCCCCCCOC(=O)c1ccc(OC(=O)c2ccc(F)cc2)cc1. The van der Waals surface area contributed by atoms with Gasteiger partial charge in [-0.15, -0.1) is 0 Å². The highest BCUT2D eigenvalue weighted by atomic mass is 19.1. The zero-order chi connectivity index (χ0) is 19.5. The molecule has 0 spiro atoms. The molecule has 0 heterocycles. The second-order valence-electron chi connectivity index (χ2n) is 6.32. The standard InChI is InChI=1S/C22H25FO4/c1-2-3-4-5-6-7-16-26-21(24)17-10-14-20(15-11-17)27-22(25)18-8-12-19(23)13-9-18/h8-15H,2-7,16H2,1H3. The predicted octanol–water partition coefficient (Wildman–Crippen LogP) is 5.56. The minimum absolute atomic E-state index is 0.249. The normalized spacial score (nSPS) is 10.4. The van der Waals surface area contributed by atoms with Crippen LogP contribution in [0.5, 0.6) is 5.75 Å². The Bertz CT molecular complexity index is 723. The first kappa shape index (κ1) is 20.6. The Hall–Kier alpha value is -2.69. The van der Waals surface area contributed by atoms with Crippen LogP contribution in [0, 0.1) is 5.82 Å². The zero-order valence-electron chi connectivity index (χ0n) is 15.6. The summed E-state index contributed by atoms with van der Waals surface area (Å²) in [5.74, 6) is -1.10. The van der Waals surface area contributed by atoms with E-state index in [0.717, 1.165) is 12.8 Å². The molecule has 0 aliphatic rings. The second kappa shape index (κ2) is 11.1. The van der Waals surface area contributed by atoms with Gasteiger partial charge in [0.25, 0.3) is 0 Å². The fourth-order valence-corrected chi connectivity index (χ4v) is 2.54. The minimum atomic E-state index is -0.589. The lowest BCUT2D eigenvalue weighted by atomic mass is 10.1. The quantitative estimate of drug-likeness (QED) is 0.311. The molecule has 2 aromatic carbocycles. The fraction of sp³-hybridized carbons (Fsp3) is 0.364. The van der Waals surface area contributed by atoms with E-state index in [0.29, 0.717) is 17.9 Å². The fourth-order valence-electron chi connectivity index (χ4n) is 2.54. The van der Waals surface area contributed by atoms with E-state index in [-0.39, 0.29) is 11.5 Å². The van der Waals surface area contributed by atoms with Crippen LogP contribution < -0.4 is 4.74 Å². The summed E-state index contributed by atoms with van der Waals surface area (Å²) in [5, 5.41) is 0. The number of ether oxygens (including phenoxy) is 2. The van der Waals surface area contributed by atoms with Gasteiger partial charge in [0.2, 0.25) is 0 Å². The van der Waals surface area contributed by atoms with E-state index >= 15 is 0 Å². The first-order valence-electron chi connectivity index (χ1n) is 9.35. The molecule has 27 heavy (non-hydrogen) atoms. The van der Waals surface area contributed by atoms with Crippen LogP contribution in [-0.2, 0) is 4.74 Å². The highest BCUT2D eigenvalue weighted by molar-refractivity contribution is 5.92. The number of hydrogen-bond donors (Lipinski definition) is 0. The Morgan fingerprint density at radius 1 is 0.778 bits per heavy atom. The van der Waals surface area contributed by atoms with Gasteiger partial charge in [-0.3, -0.25) is 0 Å². The summed E-state index contributed by atoms with van der Waals surface area (Å²) in [6, 6.07) is 11.3. The van der Waals surface area contributed by atoms with Crippen molar-refractivity contribution in [3.8, 4) is 5.75 Å². The molecule has 0 bridgehead atoms. The van der Waals surface area contributed by atoms with Gasteiger partial charge in [-0.2, -0.15) is 0 Å². The highest BCUT2D eigenvalue weighted by Gasteiger charge is 2.11. The van der Waals surface area contributed by atoms with E-state index in [1.54, 1.807) is 12.1 Å². The van der Waals surface area contributed by atoms with Crippen molar-refractivity contribution in [2.75, 3.05) is 6.61 Å². The van der Waals surface area contributed by atoms with Gasteiger partial charge in [-0.05, 0) is 55.0 Å². The van der Waals surface area contributed by atoms with Crippen LogP contribution in [0.25, 0.3) is 0 Å². The molecule has 0 saturated carbocycles. The number of halogens is 1. The van der Waals surface area contributed by atoms with Crippen molar-refractivity contribution in [1.29, 1.82) is 0 Å². The summed E-state index contributed by atoms with van der Waals surface area (Å²) in [6.45, 7) is 2.59. The molecule has 4 nitrogen and oxygen atoms in total. The van der Waals surface area contributed by atoms with Gasteiger partial charge in [0.15, 0.2) is 0 Å². The van der Waals surface area contributed by atoms with Crippen molar-refractivity contribution in [2.45, 2.75) is 45.4 Å². The highest BCUT2D eigenvalue weighted by Crippen LogP contribution is 2.15. The molecule has 0 amide bonds. The smallest absolute Gasteiger partial charge is 0.343 e. The third kappa shape index (κ3) is 7.21. The van der Waals surface area contributed by atoms with Gasteiger partial charge < -0.3 is 9.47 Å². The largest absolute Gasteiger partial charge is 0.462 e. The number of unbranched alkanes of at least 4 members (excludes halogenated alkanes) is 5. The summed E-state index contributed by atoms with van der Waals surface area (Å²) in [4.78, 5) is 24.0. The number of carbonyl (C=O) groups is 2. The van der Waals surface area contributed by atoms with E-state index < -0.39 is 11.8 Å². The van der Waals surface area contributed by atoms with E-state index in [9.17, 15) is 14.0 Å². The van der Waals surface area contributed by atoms with Gasteiger partial charge in [-0.25, -0.2) is 14.0 Å².